The smallest absolute Gasteiger partial charge is 0.264 e. The van der Waals surface area contributed by atoms with Gasteiger partial charge in [0.05, 0.1) is 10.6 Å². The monoisotopic (exact) mass is 516 g/mol. The number of halogens is 1. The van der Waals surface area contributed by atoms with E-state index >= 15 is 0 Å². The maximum Gasteiger partial charge on any atom is 0.264 e. The van der Waals surface area contributed by atoms with Gasteiger partial charge in [0.25, 0.3) is 10.0 Å². The number of aryl methyl sites for hydroxylation is 3. The molecule has 0 aliphatic rings. The fourth-order valence-electron chi connectivity index (χ4n) is 3.39. The van der Waals surface area contributed by atoms with E-state index in [0.717, 1.165) is 21.4 Å². The molecule has 0 spiro atoms. The fourth-order valence-corrected chi connectivity index (χ4v) is 5.97. The maximum atomic E-state index is 13.5. The van der Waals surface area contributed by atoms with Gasteiger partial charge in [0.15, 0.2) is 0 Å². The largest absolute Gasteiger partial charge is 0.354 e. The Morgan fingerprint density at radius 2 is 1.68 bits per heavy atom. The second-order valence-electron chi connectivity index (χ2n) is 8.08. The zero-order chi connectivity index (χ0) is 24.7. The first-order chi connectivity index (χ1) is 16.2. The Kier molecular flexibility index (Phi) is 9.05. The summed E-state index contributed by atoms with van der Waals surface area (Å²) in [6.45, 7) is 5.88. The quantitative estimate of drug-likeness (QED) is 0.361. The number of nitrogens with zero attached hydrogens (tertiary/aromatic N) is 1. The number of carbonyl (C=O) groups is 1. The number of nitrogens with one attached hydrogen (secondary N) is 1. The first-order valence-electron chi connectivity index (χ1n) is 10.9. The molecular formula is C26H29ClN2O3S2. The number of carbonyl (C=O) groups excluding carboxylic acids is 1. The van der Waals surface area contributed by atoms with Gasteiger partial charge in [-0.1, -0.05) is 59.6 Å². The zero-order valence-corrected chi connectivity index (χ0v) is 21.9. The number of rotatable bonds is 10. The molecule has 0 heterocycles. The summed E-state index contributed by atoms with van der Waals surface area (Å²) in [6, 6.07) is 19.8. The van der Waals surface area contributed by atoms with Crippen molar-refractivity contribution in [3.05, 3.63) is 94.0 Å². The van der Waals surface area contributed by atoms with Gasteiger partial charge in [-0.3, -0.25) is 9.10 Å². The lowest BCUT2D eigenvalue weighted by atomic mass is 10.1. The van der Waals surface area contributed by atoms with Crippen LogP contribution in [0.3, 0.4) is 0 Å². The molecule has 3 rings (SSSR count). The van der Waals surface area contributed by atoms with Crippen molar-refractivity contribution in [2.75, 3.05) is 23.1 Å². The fraction of sp³-hybridized carbons (Fsp3) is 0.269. The van der Waals surface area contributed by atoms with E-state index in [1.54, 1.807) is 61.2 Å². The van der Waals surface area contributed by atoms with Crippen LogP contribution in [-0.4, -0.2) is 33.2 Å². The second-order valence-corrected chi connectivity index (χ2v) is 11.5. The van der Waals surface area contributed by atoms with Crippen molar-refractivity contribution in [2.45, 2.75) is 31.4 Å². The zero-order valence-electron chi connectivity index (χ0n) is 19.5. The third-order valence-corrected chi connectivity index (χ3v) is 8.44. The number of hydrogen-bond donors (Lipinski definition) is 1. The molecule has 0 radical (unpaired) electrons. The van der Waals surface area contributed by atoms with Crippen LogP contribution in [0.5, 0.6) is 0 Å². The normalized spacial score (nSPS) is 11.3. The minimum absolute atomic E-state index is 0.124. The molecule has 1 amide bonds. The van der Waals surface area contributed by atoms with E-state index in [4.69, 9.17) is 11.6 Å². The molecule has 180 valence electrons. The van der Waals surface area contributed by atoms with Gasteiger partial charge in [0, 0.05) is 23.1 Å². The van der Waals surface area contributed by atoms with Gasteiger partial charge in [-0.25, -0.2) is 8.42 Å². The third kappa shape index (κ3) is 6.78. The van der Waals surface area contributed by atoms with E-state index in [1.807, 2.05) is 19.1 Å². The van der Waals surface area contributed by atoms with Crippen molar-refractivity contribution in [3.8, 4) is 0 Å². The Bertz CT molecular complexity index is 1250. The van der Waals surface area contributed by atoms with Gasteiger partial charge < -0.3 is 5.32 Å². The van der Waals surface area contributed by atoms with Gasteiger partial charge in [0.2, 0.25) is 5.91 Å². The first-order valence-corrected chi connectivity index (χ1v) is 13.9. The molecule has 34 heavy (non-hydrogen) atoms. The molecule has 0 fully saturated rings. The van der Waals surface area contributed by atoms with E-state index in [-0.39, 0.29) is 17.3 Å². The van der Waals surface area contributed by atoms with Crippen LogP contribution in [0.25, 0.3) is 0 Å². The molecule has 0 aliphatic carbocycles. The molecule has 5 nitrogen and oxygen atoms in total. The molecule has 3 aromatic rings. The number of hydrogen-bond acceptors (Lipinski definition) is 4. The van der Waals surface area contributed by atoms with Crippen LogP contribution in [-0.2, 0) is 20.6 Å². The molecule has 1 N–H and O–H groups in total. The van der Waals surface area contributed by atoms with Crippen molar-refractivity contribution in [2.24, 2.45) is 0 Å². The van der Waals surface area contributed by atoms with Crippen LogP contribution < -0.4 is 9.62 Å². The number of amides is 1. The van der Waals surface area contributed by atoms with Crippen LogP contribution in [0.1, 0.15) is 22.3 Å². The lowest BCUT2D eigenvalue weighted by molar-refractivity contribution is -0.119. The van der Waals surface area contributed by atoms with Crippen LogP contribution in [0, 0.1) is 20.8 Å². The highest BCUT2D eigenvalue weighted by molar-refractivity contribution is 7.98. The molecule has 8 heteroatoms. The summed E-state index contributed by atoms with van der Waals surface area (Å²) in [7, 11) is -3.97. The Morgan fingerprint density at radius 3 is 2.38 bits per heavy atom. The summed E-state index contributed by atoms with van der Waals surface area (Å²) in [5, 5.41) is 3.25. The van der Waals surface area contributed by atoms with Crippen molar-refractivity contribution in [1.82, 2.24) is 5.32 Å². The van der Waals surface area contributed by atoms with Gasteiger partial charge in [-0.05, 0) is 61.7 Å². The highest BCUT2D eigenvalue weighted by Gasteiger charge is 2.28. The lowest BCUT2D eigenvalue weighted by Gasteiger charge is -2.26. The minimum Gasteiger partial charge on any atom is -0.354 e. The van der Waals surface area contributed by atoms with Crippen molar-refractivity contribution >= 4 is 45.0 Å². The molecule has 0 atom stereocenters. The van der Waals surface area contributed by atoms with Crippen LogP contribution in [0.15, 0.2) is 71.6 Å². The van der Waals surface area contributed by atoms with E-state index in [2.05, 4.69) is 24.4 Å². The van der Waals surface area contributed by atoms with Crippen LogP contribution >= 0.6 is 23.4 Å². The number of benzene rings is 3. The summed E-state index contributed by atoms with van der Waals surface area (Å²) in [5.41, 5.74) is 4.56. The predicted octanol–water partition coefficient (Wildman–Crippen LogP) is 5.51. The van der Waals surface area contributed by atoms with Crippen LogP contribution in [0.2, 0.25) is 5.02 Å². The maximum absolute atomic E-state index is 13.5. The standard InChI is InChI=1S/C26H29ClN2O3S2/c1-19-8-12-24(13-9-19)34(31,32)29(25-16-23(27)11-10-21(25)3)17-26(30)28-14-15-33-18-22-7-5-4-6-20(22)2/h4-13,16H,14-15,17-18H2,1-3H3,(H,28,30). The Morgan fingerprint density at radius 1 is 0.971 bits per heavy atom. The molecular weight excluding hydrogens is 488 g/mol. The third-order valence-electron chi connectivity index (χ3n) is 5.42. The van der Waals surface area contributed by atoms with Gasteiger partial charge in [-0.2, -0.15) is 11.8 Å². The van der Waals surface area contributed by atoms with Gasteiger partial charge in [-0.15, -0.1) is 0 Å². The van der Waals surface area contributed by atoms with Crippen molar-refractivity contribution in [3.63, 3.8) is 0 Å². The van der Waals surface area contributed by atoms with E-state index in [0.29, 0.717) is 22.8 Å². The van der Waals surface area contributed by atoms with E-state index in [1.165, 1.54) is 11.1 Å². The Balaban J connectivity index is 1.70. The van der Waals surface area contributed by atoms with E-state index < -0.39 is 10.0 Å². The highest BCUT2D eigenvalue weighted by Crippen LogP contribution is 2.29. The van der Waals surface area contributed by atoms with Gasteiger partial charge >= 0.3 is 0 Å². The summed E-state index contributed by atoms with van der Waals surface area (Å²) < 4.78 is 28.1. The molecule has 0 aliphatic heterocycles. The average Bonchev–Trinajstić information content (AvgIpc) is 2.80. The molecule has 0 bridgehead atoms. The Hall–Kier alpha value is -2.48. The molecule has 0 saturated carbocycles. The number of sulfonamides is 1. The topological polar surface area (TPSA) is 66.5 Å². The summed E-state index contributed by atoms with van der Waals surface area (Å²) >= 11 is 7.89. The molecule has 0 aromatic heterocycles. The second kappa shape index (κ2) is 11.8. The summed E-state index contributed by atoms with van der Waals surface area (Å²) in [4.78, 5) is 12.9. The van der Waals surface area contributed by atoms with Crippen molar-refractivity contribution < 1.29 is 13.2 Å². The minimum atomic E-state index is -3.97. The predicted molar refractivity (Wildman–Crippen MR) is 142 cm³/mol. The number of anilines is 1. The SMILES string of the molecule is Cc1ccc(S(=O)(=O)N(CC(=O)NCCSCc2ccccc2C)c2cc(Cl)ccc2C)cc1. The van der Waals surface area contributed by atoms with Crippen molar-refractivity contribution in [1.29, 1.82) is 0 Å². The Labute approximate surface area is 211 Å². The van der Waals surface area contributed by atoms with E-state index in [9.17, 15) is 13.2 Å². The molecule has 0 saturated heterocycles. The average molecular weight is 517 g/mol. The number of thioether (sulfide) groups is 1. The lowest BCUT2D eigenvalue weighted by Crippen LogP contribution is -2.41. The molecule has 3 aromatic carbocycles. The van der Waals surface area contributed by atoms with Gasteiger partial charge in [0.1, 0.15) is 6.54 Å². The van der Waals surface area contributed by atoms with Crippen LogP contribution in [0.4, 0.5) is 5.69 Å². The highest BCUT2D eigenvalue weighted by atomic mass is 35.5. The molecule has 0 unspecified atom stereocenters. The summed E-state index contributed by atoms with van der Waals surface area (Å²) in [6.07, 6.45) is 0. The first kappa shape index (κ1) is 26.1. The summed E-state index contributed by atoms with van der Waals surface area (Å²) in [5.74, 6) is 1.21.